The van der Waals surface area contributed by atoms with Gasteiger partial charge in [-0.05, 0) is 68.3 Å². The predicted octanol–water partition coefficient (Wildman–Crippen LogP) is 5.09. The van der Waals surface area contributed by atoms with Crippen molar-refractivity contribution in [2.45, 2.75) is 38.1 Å². The second-order valence-electron chi connectivity index (χ2n) is 8.57. The fourth-order valence-corrected chi connectivity index (χ4v) is 6.67. The zero-order valence-electron chi connectivity index (χ0n) is 19.5. The number of nitrogens with one attached hydrogen (secondary N) is 2. The quantitative estimate of drug-likeness (QED) is 0.477. The topological polar surface area (TPSA) is 95.6 Å². The number of nitrogens with zero attached hydrogens (tertiary/aromatic N) is 1. The van der Waals surface area contributed by atoms with Crippen molar-refractivity contribution in [3.63, 3.8) is 0 Å². The highest BCUT2D eigenvalue weighted by Gasteiger charge is 2.43. The van der Waals surface area contributed by atoms with Gasteiger partial charge in [-0.1, -0.05) is 29.3 Å². The second-order valence-corrected chi connectivity index (χ2v) is 10.7. The summed E-state index contributed by atoms with van der Waals surface area (Å²) >= 11 is 5.98. The predicted molar refractivity (Wildman–Crippen MR) is 134 cm³/mol. The number of carbonyl (C=O) groups is 2. The highest BCUT2D eigenvalue weighted by Crippen LogP contribution is 2.39. The van der Waals surface area contributed by atoms with Gasteiger partial charge in [0.15, 0.2) is 0 Å². The monoisotopic (exact) mass is 533 g/mol. The summed E-state index contributed by atoms with van der Waals surface area (Å²) in [6, 6.07) is 8.59. The molecule has 11 heteroatoms. The minimum atomic E-state index is -4.39. The van der Waals surface area contributed by atoms with Crippen LogP contribution in [0, 0.1) is 32.4 Å². The van der Waals surface area contributed by atoms with Gasteiger partial charge in [0.25, 0.3) is 10.0 Å². The van der Waals surface area contributed by atoms with Crippen molar-refractivity contribution in [2.24, 2.45) is 0 Å². The Labute approximate surface area is 212 Å². The molecule has 0 aliphatic carbocycles. The lowest BCUT2D eigenvalue weighted by Crippen LogP contribution is -2.52. The molecular formula is C25H22ClF2N3O4S. The molecule has 0 spiro atoms. The molecule has 3 aromatic rings. The lowest BCUT2D eigenvalue weighted by Gasteiger charge is -2.37. The first-order chi connectivity index (χ1) is 16.9. The van der Waals surface area contributed by atoms with E-state index in [9.17, 15) is 26.8 Å². The number of amides is 2. The molecule has 36 heavy (non-hydrogen) atoms. The number of benzene rings is 3. The van der Waals surface area contributed by atoms with Gasteiger partial charge in [0.05, 0.1) is 33.4 Å². The zero-order valence-corrected chi connectivity index (χ0v) is 21.1. The van der Waals surface area contributed by atoms with Crippen LogP contribution in [0.1, 0.15) is 23.1 Å². The van der Waals surface area contributed by atoms with Crippen LogP contribution in [0.5, 0.6) is 0 Å². The van der Waals surface area contributed by atoms with Crippen LogP contribution in [0.3, 0.4) is 0 Å². The van der Waals surface area contributed by atoms with E-state index < -0.39 is 45.9 Å². The van der Waals surface area contributed by atoms with Gasteiger partial charge in [0, 0.05) is 0 Å². The van der Waals surface area contributed by atoms with Crippen molar-refractivity contribution >= 4 is 50.5 Å². The molecule has 1 aliphatic rings. The number of rotatable bonds is 5. The van der Waals surface area contributed by atoms with Crippen LogP contribution in [0.25, 0.3) is 0 Å². The van der Waals surface area contributed by atoms with Gasteiger partial charge in [-0.3, -0.25) is 13.9 Å². The van der Waals surface area contributed by atoms with Gasteiger partial charge in [-0.2, -0.15) is 0 Å². The Kier molecular flexibility index (Phi) is 6.76. The lowest BCUT2D eigenvalue weighted by molar-refractivity contribution is -0.122. The molecule has 0 aromatic heterocycles. The number of carbonyl (C=O) groups excluding carboxylic acids is 2. The summed E-state index contributed by atoms with van der Waals surface area (Å²) < 4.78 is 56.2. The van der Waals surface area contributed by atoms with Crippen LogP contribution in [-0.4, -0.2) is 26.3 Å². The fourth-order valence-electron chi connectivity index (χ4n) is 4.40. The molecule has 0 fully saturated rings. The Hall–Kier alpha value is -3.50. The molecule has 2 N–H and O–H groups in total. The highest BCUT2D eigenvalue weighted by atomic mass is 35.5. The van der Waals surface area contributed by atoms with Crippen LogP contribution in [0.2, 0.25) is 5.02 Å². The van der Waals surface area contributed by atoms with Crippen molar-refractivity contribution in [3.8, 4) is 0 Å². The third-order valence-corrected chi connectivity index (χ3v) is 8.19. The molecule has 7 nitrogen and oxygen atoms in total. The van der Waals surface area contributed by atoms with Gasteiger partial charge in [0.2, 0.25) is 11.8 Å². The van der Waals surface area contributed by atoms with Gasteiger partial charge >= 0.3 is 0 Å². The van der Waals surface area contributed by atoms with E-state index in [1.807, 2.05) is 6.92 Å². The van der Waals surface area contributed by atoms with E-state index in [2.05, 4.69) is 10.6 Å². The van der Waals surface area contributed by atoms with E-state index in [1.54, 1.807) is 26.0 Å². The van der Waals surface area contributed by atoms with Crippen LogP contribution in [0.15, 0.2) is 53.4 Å². The molecule has 0 bridgehead atoms. The van der Waals surface area contributed by atoms with E-state index in [0.29, 0.717) is 11.1 Å². The number of fused-ring (bicyclic) bond motifs is 1. The van der Waals surface area contributed by atoms with Crippen molar-refractivity contribution in [3.05, 3.63) is 81.9 Å². The maximum atomic E-state index is 14.0. The maximum absolute atomic E-state index is 14.0. The molecule has 1 atom stereocenters. The standard InChI is InChI=1S/C25H22ClF2N3O4S/c1-13-8-14(2)24(15(3)9-13)36(34,35)31-21-7-5-17(28)11-20(21)30-25(33)22(31)12-23(32)29-19-6-4-16(27)10-18(19)26/h4-11,22H,12H2,1-3H3,(H,29,32)(H,30,33). The molecule has 0 saturated carbocycles. The summed E-state index contributed by atoms with van der Waals surface area (Å²) in [7, 11) is -4.39. The van der Waals surface area contributed by atoms with E-state index in [1.165, 1.54) is 12.1 Å². The Morgan fingerprint density at radius 3 is 2.28 bits per heavy atom. The SMILES string of the molecule is Cc1cc(C)c(S(=O)(=O)N2c3ccc(F)cc3NC(=O)C2CC(=O)Nc2ccc(F)cc2Cl)c(C)c1. The summed E-state index contributed by atoms with van der Waals surface area (Å²) in [6.07, 6.45) is -0.584. The minimum Gasteiger partial charge on any atom is -0.325 e. The summed E-state index contributed by atoms with van der Waals surface area (Å²) in [5.74, 6) is -2.81. The molecule has 1 heterocycles. The molecule has 188 valence electrons. The summed E-state index contributed by atoms with van der Waals surface area (Å²) in [4.78, 5) is 26.0. The fraction of sp³-hybridized carbons (Fsp3) is 0.200. The van der Waals surface area contributed by atoms with Crippen molar-refractivity contribution in [1.82, 2.24) is 0 Å². The first kappa shape index (κ1) is 25.6. The average molecular weight is 534 g/mol. The van der Waals surface area contributed by atoms with Crippen molar-refractivity contribution in [2.75, 3.05) is 14.9 Å². The smallest absolute Gasteiger partial charge is 0.265 e. The van der Waals surface area contributed by atoms with Gasteiger partial charge in [-0.15, -0.1) is 0 Å². The summed E-state index contributed by atoms with van der Waals surface area (Å²) in [5, 5.41) is 4.91. The molecule has 1 aliphatic heterocycles. The van der Waals surface area contributed by atoms with E-state index in [4.69, 9.17) is 11.6 Å². The number of sulfonamides is 1. The third kappa shape index (κ3) is 4.78. The molecule has 2 amide bonds. The van der Waals surface area contributed by atoms with Gasteiger partial charge < -0.3 is 10.6 Å². The number of halogens is 3. The van der Waals surface area contributed by atoms with E-state index in [-0.39, 0.29) is 27.0 Å². The Balaban J connectivity index is 1.79. The van der Waals surface area contributed by atoms with Crippen LogP contribution < -0.4 is 14.9 Å². The molecule has 0 radical (unpaired) electrons. The molecule has 3 aromatic carbocycles. The summed E-state index contributed by atoms with van der Waals surface area (Å²) in [5.41, 5.74) is 1.86. The molecular weight excluding hydrogens is 512 g/mol. The van der Waals surface area contributed by atoms with Gasteiger partial charge in [-0.25, -0.2) is 17.2 Å². The molecule has 4 rings (SSSR count). The minimum absolute atomic E-state index is 0.00920. The van der Waals surface area contributed by atoms with Gasteiger partial charge in [0.1, 0.15) is 17.7 Å². The molecule has 0 saturated heterocycles. The average Bonchev–Trinajstić information content (AvgIpc) is 2.75. The maximum Gasteiger partial charge on any atom is 0.265 e. The second kappa shape index (κ2) is 9.51. The first-order valence-electron chi connectivity index (χ1n) is 10.9. The number of hydrogen-bond acceptors (Lipinski definition) is 4. The lowest BCUT2D eigenvalue weighted by atomic mass is 10.1. The van der Waals surface area contributed by atoms with E-state index in [0.717, 1.165) is 34.1 Å². The Morgan fingerprint density at radius 2 is 1.64 bits per heavy atom. The highest BCUT2D eigenvalue weighted by molar-refractivity contribution is 7.93. The first-order valence-corrected chi connectivity index (χ1v) is 12.7. The van der Waals surface area contributed by atoms with Crippen LogP contribution in [0.4, 0.5) is 25.8 Å². The van der Waals surface area contributed by atoms with Crippen molar-refractivity contribution < 1.29 is 26.8 Å². The zero-order chi connectivity index (χ0) is 26.4. The molecule has 1 unspecified atom stereocenters. The van der Waals surface area contributed by atoms with E-state index >= 15 is 0 Å². The third-order valence-electron chi connectivity index (χ3n) is 5.75. The largest absolute Gasteiger partial charge is 0.325 e. The number of anilines is 3. The normalized spacial score (nSPS) is 15.3. The van der Waals surface area contributed by atoms with Crippen LogP contribution >= 0.6 is 11.6 Å². The number of aryl methyl sites for hydroxylation is 3. The number of hydrogen-bond donors (Lipinski definition) is 2. The van der Waals surface area contributed by atoms with Crippen molar-refractivity contribution in [1.29, 1.82) is 0 Å². The van der Waals surface area contributed by atoms with Crippen LogP contribution in [-0.2, 0) is 19.6 Å². The summed E-state index contributed by atoms with van der Waals surface area (Å²) in [6.45, 7) is 5.11. The Morgan fingerprint density at radius 1 is 1.03 bits per heavy atom. The Bertz CT molecular complexity index is 1490.